The first kappa shape index (κ1) is 13.6. The maximum absolute atomic E-state index is 11.3. The molecule has 1 aromatic rings. The van der Waals surface area contributed by atoms with Gasteiger partial charge in [-0.25, -0.2) is 4.79 Å². The summed E-state index contributed by atoms with van der Waals surface area (Å²) in [5.74, 6) is -1.01. The van der Waals surface area contributed by atoms with Crippen LogP contribution in [0, 0.1) is 0 Å². The number of morpholine rings is 1. The van der Waals surface area contributed by atoms with Crippen molar-refractivity contribution in [1.82, 2.24) is 0 Å². The molecule has 1 aromatic carbocycles. The number of hydrogen-bond donors (Lipinski definition) is 3. The van der Waals surface area contributed by atoms with Gasteiger partial charge in [-0.1, -0.05) is 6.07 Å². The number of aliphatic hydroxyl groups excluding tert-OH is 1. The van der Waals surface area contributed by atoms with Gasteiger partial charge in [0.2, 0.25) is 0 Å². The fraction of sp³-hybridized carbons (Fsp3) is 0.462. The summed E-state index contributed by atoms with van der Waals surface area (Å²) in [4.78, 5) is 13.2. The first-order valence-corrected chi connectivity index (χ1v) is 6.16. The number of aromatic carboxylic acids is 1. The van der Waals surface area contributed by atoms with Crippen molar-refractivity contribution < 1.29 is 19.7 Å². The number of rotatable bonds is 3. The predicted octanol–water partition coefficient (Wildman–Crippen LogP) is 0.553. The van der Waals surface area contributed by atoms with E-state index in [1.54, 1.807) is 12.1 Å². The van der Waals surface area contributed by atoms with E-state index in [-0.39, 0.29) is 24.4 Å². The average Bonchev–Trinajstić information content (AvgIpc) is 2.37. The molecule has 1 fully saturated rings. The topological polar surface area (TPSA) is 96.0 Å². The van der Waals surface area contributed by atoms with Crippen LogP contribution < -0.4 is 10.6 Å². The normalized spacial score (nSPS) is 23.4. The summed E-state index contributed by atoms with van der Waals surface area (Å²) < 4.78 is 5.55. The highest BCUT2D eigenvalue weighted by molar-refractivity contribution is 5.98. The van der Waals surface area contributed by atoms with Gasteiger partial charge in [0.25, 0.3) is 0 Å². The van der Waals surface area contributed by atoms with E-state index in [2.05, 4.69) is 0 Å². The second-order valence-electron chi connectivity index (χ2n) is 4.70. The fourth-order valence-corrected chi connectivity index (χ4v) is 2.42. The summed E-state index contributed by atoms with van der Waals surface area (Å²) in [7, 11) is 0. The summed E-state index contributed by atoms with van der Waals surface area (Å²) in [6.07, 6.45) is -0.419. The SMILES string of the molecule is CC1CN(c2c(N)cccc2C(=O)O)CC(CO)O1. The molecule has 1 saturated heterocycles. The first-order chi connectivity index (χ1) is 9.02. The van der Waals surface area contributed by atoms with Gasteiger partial charge in [0.05, 0.1) is 35.8 Å². The first-order valence-electron chi connectivity index (χ1n) is 6.16. The fourth-order valence-electron chi connectivity index (χ4n) is 2.42. The largest absolute Gasteiger partial charge is 0.478 e. The van der Waals surface area contributed by atoms with E-state index < -0.39 is 5.97 Å². The van der Waals surface area contributed by atoms with Crippen LogP contribution in [0.5, 0.6) is 0 Å². The summed E-state index contributed by atoms with van der Waals surface area (Å²) >= 11 is 0. The number of benzene rings is 1. The molecule has 0 spiro atoms. The minimum Gasteiger partial charge on any atom is -0.478 e. The number of ether oxygens (including phenoxy) is 1. The van der Waals surface area contributed by atoms with Gasteiger partial charge >= 0.3 is 5.97 Å². The number of nitrogens with two attached hydrogens (primary N) is 1. The number of nitrogens with zero attached hydrogens (tertiary/aromatic N) is 1. The summed E-state index contributed by atoms with van der Waals surface area (Å²) in [6.45, 7) is 2.75. The summed E-state index contributed by atoms with van der Waals surface area (Å²) in [5.41, 5.74) is 7.01. The molecule has 1 aliphatic rings. The third-order valence-corrected chi connectivity index (χ3v) is 3.14. The number of carboxylic acid groups (broad SMARTS) is 1. The van der Waals surface area contributed by atoms with Crippen LogP contribution in [-0.2, 0) is 4.74 Å². The molecule has 1 aliphatic heterocycles. The molecule has 4 N–H and O–H groups in total. The van der Waals surface area contributed by atoms with Gasteiger partial charge in [-0.05, 0) is 19.1 Å². The van der Waals surface area contributed by atoms with Gasteiger partial charge in [-0.15, -0.1) is 0 Å². The lowest BCUT2D eigenvalue weighted by atomic mass is 10.1. The van der Waals surface area contributed by atoms with Gasteiger partial charge < -0.3 is 25.6 Å². The Kier molecular flexibility index (Phi) is 3.92. The van der Waals surface area contributed by atoms with Crippen molar-refractivity contribution in [3.63, 3.8) is 0 Å². The Morgan fingerprint density at radius 3 is 2.89 bits per heavy atom. The Balaban J connectivity index is 2.37. The minimum absolute atomic E-state index is 0.0906. The zero-order valence-electron chi connectivity index (χ0n) is 10.7. The van der Waals surface area contributed by atoms with Crippen molar-refractivity contribution >= 4 is 17.3 Å². The van der Waals surface area contributed by atoms with Crippen molar-refractivity contribution in [2.75, 3.05) is 30.3 Å². The molecule has 0 radical (unpaired) electrons. The Labute approximate surface area is 111 Å². The maximum atomic E-state index is 11.3. The zero-order chi connectivity index (χ0) is 14.0. The molecule has 2 rings (SSSR count). The van der Waals surface area contributed by atoms with Crippen LogP contribution in [0.15, 0.2) is 18.2 Å². The second kappa shape index (κ2) is 5.46. The molecule has 19 heavy (non-hydrogen) atoms. The lowest BCUT2D eigenvalue weighted by molar-refractivity contribution is -0.0421. The van der Waals surface area contributed by atoms with Crippen LogP contribution >= 0.6 is 0 Å². The Morgan fingerprint density at radius 1 is 1.53 bits per heavy atom. The van der Waals surface area contributed by atoms with Crippen molar-refractivity contribution in [1.29, 1.82) is 0 Å². The third-order valence-electron chi connectivity index (χ3n) is 3.14. The molecule has 0 saturated carbocycles. The highest BCUT2D eigenvalue weighted by Gasteiger charge is 2.28. The molecule has 0 bridgehead atoms. The highest BCUT2D eigenvalue weighted by atomic mass is 16.5. The molecule has 2 atom stereocenters. The van der Waals surface area contributed by atoms with Gasteiger partial charge in [0.1, 0.15) is 0 Å². The quantitative estimate of drug-likeness (QED) is 0.692. The van der Waals surface area contributed by atoms with Crippen molar-refractivity contribution in [2.45, 2.75) is 19.1 Å². The van der Waals surface area contributed by atoms with Crippen LogP contribution in [0.25, 0.3) is 0 Å². The van der Waals surface area contributed by atoms with Crippen LogP contribution in [0.3, 0.4) is 0 Å². The smallest absolute Gasteiger partial charge is 0.337 e. The molecule has 2 unspecified atom stereocenters. The molecule has 0 aromatic heterocycles. The number of carboxylic acids is 1. The average molecular weight is 266 g/mol. The number of hydrogen-bond acceptors (Lipinski definition) is 5. The molecule has 0 amide bonds. The number of aliphatic hydroxyl groups is 1. The number of anilines is 2. The highest BCUT2D eigenvalue weighted by Crippen LogP contribution is 2.30. The second-order valence-corrected chi connectivity index (χ2v) is 4.70. The zero-order valence-corrected chi connectivity index (χ0v) is 10.7. The van der Waals surface area contributed by atoms with E-state index in [0.29, 0.717) is 24.5 Å². The third kappa shape index (κ3) is 2.80. The van der Waals surface area contributed by atoms with Gasteiger partial charge in [0.15, 0.2) is 0 Å². The van der Waals surface area contributed by atoms with Crippen LogP contribution in [-0.4, -0.2) is 48.1 Å². The summed E-state index contributed by atoms with van der Waals surface area (Å²) in [6, 6.07) is 4.83. The molecular weight excluding hydrogens is 248 g/mol. The van der Waals surface area contributed by atoms with Gasteiger partial charge in [-0.2, -0.15) is 0 Å². The van der Waals surface area contributed by atoms with Crippen molar-refractivity contribution in [2.24, 2.45) is 0 Å². The van der Waals surface area contributed by atoms with Gasteiger partial charge in [0, 0.05) is 13.1 Å². The lowest BCUT2D eigenvalue weighted by Gasteiger charge is -2.38. The van der Waals surface area contributed by atoms with E-state index in [4.69, 9.17) is 10.5 Å². The molecular formula is C13H18N2O4. The number of carbonyl (C=O) groups is 1. The Bertz CT molecular complexity index is 478. The van der Waals surface area contributed by atoms with E-state index in [1.165, 1.54) is 6.07 Å². The molecule has 6 nitrogen and oxygen atoms in total. The minimum atomic E-state index is -1.01. The lowest BCUT2D eigenvalue weighted by Crippen LogP contribution is -2.48. The standard InChI is InChI=1S/C13H18N2O4/c1-8-5-15(6-9(7-16)19-8)12-10(13(17)18)3-2-4-11(12)14/h2-4,8-9,16H,5-7,14H2,1H3,(H,17,18). The Hall–Kier alpha value is -1.79. The molecule has 1 heterocycles. The van der Waals surface area contributed by atoms with Gasteiger partial charge in [-0.3, -0.25) is 0 Å². The number of para-hydroxylation sites is 1. The predicted molar refractivity (Wildman–Crippen MR) is 71.4 cm³/mol. The summed E-state index contributed by atoms with van der Waals surface area (Å²) in [5, 5.41) is 18.5. The van der Waals surface area contributed by atoms with E-state index in [1.807, 2.05) is 11.8 Å². The molecule has 0 aliphatic carbocycles. The molecule has 6 heteroatoms. The van der Waals surface area contributed by atoms with Crippen molar-refractivity contribution in [3.05, 3.63) is 23.8 Å². The van der Waals surface area contributed by atoms with Crippen LogP contribution in [0.4, 0.5) is 11.4 Å². The monoisotopic (exact) mass is 266 g/mol. The van der Waals surface area contributed by atoms with Crippen LogP contribution in [0.1, 0.15) is 17.3 Å². The number of nitrogen functional groups attached to an aromatic ring is 1. The molecule has 104 valence electrons. The van der Waals surface area contributed by atoms with E-state index >= 15 is 0 Å². The van der Waals surface area contributed by atoms with E-state index in [9.17, 15) is 15.0 Å². The maximum Gasteiger partial charge on any atom is 0.337 e. The van der Waals surface area contributed by atoms with Crippen molar-refractivity contribution in [3.8, 4) is 0 Å². The van der Waals surface area contributed by atoms with E-state index in [0.717, 1.165) is 0 Å². The Morgan fingerprint density at radius 2 is 2.26 bits per heavy atom. The van der Waals surface area contributed by atoms with Crippen LogP contribution in [0.2, 0.25) is 0 Å².